The largest absolute Gasteiger partial charge is 0.330 e. The number of benzene rings is 1. The minimum Gasteiger partial charge on any atom is -0.330 e. The van der Waals surface area contributed by atoms with Gasteiger partial charge in [-0.25, -0.2) is 0 Å². The lowest BCUT2D eigenvalue weighted by Gasteiger charge is -2.08. The van der Waals surface area contributed by atoms with E-state index in [4.69, 9.17) is 5.73 Å². The molecule has 1 heteroatoms. The van der Waals surface area contributed by atoms with Crippen LogP contribution in [-0.4, -0.2) is 6.54 Å². The number of aryl methyl sites for hydroxylation is 3. The summed E-state index contributed by atoms with van der Waals surface area (Å²) in [5.41, 5.74) is 11.6. The van der Waals surface area contributed by atoms with Gasteiger partial charge in [-0.2, -0.15) is 0 Å². The molecular weight excluding hydrogens is 158 g/mol. The van der Waals surface area contributed by atoms with Crippen molar-refractivity contribution in [1.82, 2.24) is 0 Å². The first kappa shape index (κ1) is 8.76. The normalized spacial score (nSPS) is 14.6. The van der Waals surface area contributed by atoms with E-state index in [2.05, 4.69) is 19.1 Å². The molecule has 1 nitrogen and oxygen atoms in total. The van der Waals surface area contributed by atoms with Gasteiger partial charge in [0.25, 0.3) is 0 Å². The molecule has 0 saturated carbocycles. The van der Waals surface area contributed by atoms with Gasteiger partial charge in [0.2, 0.25) is 0 Å². The molecule has 0 spiro atoms. The number of hydrogen-bond acceptors (Lipinski definition) is 1. The minimum absolute atomic E-state index is 0.764. The quantitative estimate of drug-likeness (QED) is 0.731. The van der Waals surface area contributed by atoms with Crippen LogP contribution in [0.25, 0.3) is 0 Å². The van der Waals surface area contributed by atoms with Crippen molar-refractivity contribution in [3.8, 4) is 0 Å². The van der Waals surface area contributed by atoms with Crippen molar-refractivity contribution in [2.24, 2.45) is 5.73 Å². The van der Waals surface area contributed by atoms with Crippen molar-refractivity contribution < 1.29 is 0 Å². The third-order valence-electron chi connectivity index (χ3n) is 2.96. The third kappa shape index (κ3) is 1.61. The molecule has 1 aromatic rings. The summed E-state index contributed by atoms with van der Waals surface area (Å²) in [5.74, 6) is 0. The predicted octanol–water partition coefficient (Wildman–Crippen LogP) is 1.98. The van der Waals surface area contributed by atoms with Gasteiger partial charge in [0.05, 0.1) is 0 Å². The highest BCUT2D eigenvalue weighted by Crippen LogP contribution is 2.25. The molecule has 1 aliphatic rings. The van der Waals surface area contributed by atoms with Crippen molar-refractivity contribution in [3.05, 3.63) is 34.4 Å². The molecule has 2 rings (SSSR count). The summed E-state index contributed by atoms with van der Waals surface area (Å²) < 4.78 is 0. The fourth-order valence-electron chi connectivity index (χ4n) is 2.22. The van der Waals surface area contributed by atoms with E-state index >= 15 is 0 Å². The molecule has 0 amide bonds. The fourth-order valence-corrected chi connectivity index (χ4v) is 2.22. The van der Waals surface area contributed by atoms with Crippen LogP contribution in [-0.2, 0) is 19.3 Å². The summed E-state index contributed by atoms with van der Waals surface area (Å²) in [6.45, 7) is 2.96. The Kier molecular flexibility index (Phi) is 2.36. The van der Waals surface area contributed by atoms with Crippen LogP contribution in [0, 0.1) is 6.92 Å². The molecule has 1 aliphatic carbocycles. The van der Waals surface area contributed by atoms with Crippen LogP contribution in [0.2, 0.25) is 0 Å². The maximum atomic E-state index is 5.57. The first-order valence-corrected chi connectivity index (χ1v) is 5.12. The summed E-state index contributed by atoms with van der Waals surface area (Å²) in [7, 11) is 0. The lowest BCUT2D eigenvalue weighted by Crippen LogP contribution is -2.04. The SMILES string of the molecule is Cc1cc2c(cc1CCN)CCC2. The molecule has 0 bridgehead atoms. The lowest BCUT2D eigenvalue weighted by molar-refractivity contribution is 0.910. The van der Waals surface area contributed by atoms with Crippen LogP contribution in [0.3, 0.4) is 0 Å². The zero-order valence-electron chi connectivity index (χ0n) is 8.27. The van der Waals surface area contributed by atoms with E-state index in [9.17, 15) is 0 Å². The fraction of sp³-hybridized carbons (Fsp3) is 0.500. The molecule has 13 heavy (non-hydrogen) atoms. The highest BCUT2D eigenvalue weighted by molar-refractivity contribution is 5.40. The molecule has 0 radical (unpaired) electrons. The number of hydrogen-bond donors (Lipinski definition) is 1. The monoisotopic (exact) mass is 175 g/mol. The molecule has 0 heterocycles. The average Bonchev–Trinajstić information content (AvgIpc) is 2.52. The van der Waals surface area contributed by atoms with Crippen molar-refractivity contribution in [2.45, 2.75) is 32.6 Å². The molecule has 0 atom stereocenters. The second-order valence-corrected chi connectivity index (χ2v) is 3.94. The Balaban J connectivity index is 2.37. The summed E-state index contributed by atoms with van der Waals surface area (Å²) in [6.07, 6.45) is 4.91. The highest BCUT2D eigenvalue weighted by atomic mass is 14.5. The van der Waals surface area contributed by atoms with Crippen molar-refractivity contribution in [3.63, 3.8) is 0 Å². The summed E-state index contributed by atoms with van der Waals surface area (Å²) in [6, 6.07) is 4.72. The van der Waals surface area contributed by atoms with Gasteiger partial charge in [-0.05, 0) is 61.4 Å². The van der Waals surface area contributed by atoms with Gasteiger partial charge in [0.15, 0.2) is 0 Å². The van der Waals surface area contributed by atoms with Gasteiger partial charge < -0.3 is 5.73 Å². The highest BCUT2D eigenvalue weighted by Gasteiger charge is 2.12. The topological polar surface area (TPSA) is 26.0 Å². The Morgan fingerprint density at radius 2 is 1.92 bits per heavy atom. The molecule has 0 fully saturated rings. The minimum atomic E-state index is 0.764. The molecule has 70 valence electrons. The van der Waals surface area contributed by atoms with Gasteiger partial charge in [-0.15, -0.1) is 0 Å². The average molecular weight is 175 g/mol. The second kappa shape index (κ2) is 3.51. The molecule has 2 N–H and O–H groups in total. The third-order valence-corrected chi connectivity index (χ3v) is 2.96. The summed E-state index contributed by atoms with van der Waals surface area (Å²) >= 11 is 0. The number of nitrogens with two attached hydrogens (primary N) is 1. The zero-order valence-corrected chi connectivity index (χ0v) is 8.27. The van der Waals surface area contributed by atoms with Gasteiger partial charge in [-0.3, -0.25) is 0 Å². The molecule has 0 unspecified atom stereocenters. The first-order valence-electron chi connectivity index (χ1n) is 5.12. The standard InChI is InChI=1S/C12H17N/c1-9-7-11-3-2-4-12(11)8-10(9)5-6-13/h7-8H,2-6,13H2,1H3. The van der Waals surface area contributed by atoms with E-state index in [0.717, 1.165) is 13.0 Å². The van der Waals surface area contributed by atoms with E-state index in [1.165, 1.54) is 30.4 Å². The predicted molar refractivity (Wildman–Crippen MR) is 56.0 cm³/mol. The van der Waals surface area contributed by atoms with Crippen LogP contribution in [0.4, 0.5) is 0 Å². The summed E-state index contributed by atoms with van der Waals surface area (Å²) in [5, 5.41) is 0. The van der Waals surface area contributed by atoms with Crippen molar-refractivity contribution in [2.75, 3.05) is 6.54 Å². The molecule has 0 saturated heterocycles. The molecule has 0 aromatic heterocycles. The van der Waals surface area contributed by atoms with E-state index in [-0.39, 0.29) is 0 Å². The van der Waals surface area contributed by atoms with E-state index in [1.54, 1.807) is 11.1 Å². The van der Waals surface area contributed by atoms with Gasteiger partial charge in [-0.1, -0.05) is 12.1 Å². The Morgan fingerprint density at radius 1 is 1.23 bits per heavy atom. The van der Waals surface area contributed by atoms with Gasteiger partial charge >= 0.3 is 0 Å². The van der Waals surface area contributed by atoms with Gasteiger partial charge in [0, 0.05) is 0 Å². The summed E-state index contributed by atoms with van der Waals surface area (Å²) in [4.78, 5) is 0. The molecule has 0 aliphatic heterocycles. The van der Waals surface area contributed by atoms with Crippen LogP contribution in [0.15, 0.2) is 12.1 Å². The van der Waals surface area contributed by atoms with E-state index < -0.39 is 0 Å². The Hall–Kier alpha value is -0.820. The van der Waals surface area contributed by atoms with Crippen LogP contribution in [0.5, 0.6) is 0 Å². The van der Waals surface area contributed by atoms with Gasteiger partial charge in [0.1, 0.15) is 0 Å². The Bertz CT molecular complexity index is 315. The zero-order chi connectivity index (χ0) is 9.26. The van der Waals surface area contributed by atoms with Crippen molar-refractivity contribution in [1.29, 1.82) is 0 Å². The number of rotatable bonds is 2. The Labute approximate surface area is 80.0 Å². The Morgan fingerprint density at radius 3 is 2.62 bits per heavy atom. The second-order valence-electron chi connectivity index (χ2n) is 3.94. The lowest BCUT2D eigenvalue weighted by atomic mass is 9.99. The number of fused-ring (bicyclic) bond motifs is 1. The maximum Gasteiger partial charge on any atom is -0.00366 e. The van der Waals surface area contributed by atoms with Crippen LogP contribution < -0.4 is 5.73 Å². The van der Waals surface area contributed by atoms with Crippen LogP contribution >= 0.6 is 0 Å². The molecule has 1 aromatic carbocycles. The maximum absolute atomic E-state index is 5.57. The first-order chi connectivity index (χ1) is 6.31. The van der Waals surface area contributed by atoms with E-state index in [1.807, 2.05) is 0 Å². The smallest absolute Gasteiger partial charge is 0.00366 e. The van der Waals surface area contributed by atoms with E-state index in [0.29, 0.717) is 0 Å². The van der Waals surface area contributed by atoms with Crippen LogP contribution in [0.1, 0.15) is 28.7 Å². The van der Waals surface area contributed by atoms with Crippen molar-refractivity contribution >= 4 is 0 Å². The molecular formula is C12H17N.